The highest BCUT2D eigenvalue weighted by Gasteiger charge is 2.30. The van der Waals surface area contributed by atoms with Crippen molar-refractivity contribution in [2.24, 2.45) is 5.92 Å². The first-order valence-electron chi connectivity index (χ1n) is 9.36. The van der Waals surface area contributed by atoms with Gasteiger partial charge in [0.2, 0.25) is 5.91 Å². The lowest BCUT2D eigenvalue weighted by Gasteiger charge is -2.12. The summed E-state index contributed by atoms with van der Waals surface area (Å²) in [5, 5.41) is 7.69. The number of anilines is 1. The van der Waals surface area contributed by atoms with Crippen molar-refractivity contribution in [3.63, 3.8) is 0 Å². The lowest BCUT2D eigenvalue weighted by atomic mass is 10.0. The largest absolute Gasteiger partial charge is 0.341 e. The van der Waals surface area contributed by atoms with Crippen LogP contribution in [0.2, 0.25) is 0 Å². The molecule has 0 unspecified atom stereocenters. The Morgan fingerprint density at radius 1 is 0.929 bits per heavy atom. The van der Waals surface area contributed by atoms with Gasteiger partial charge in [-0.05, 0) is 47.9 Å². The minimum atomic E-state index is -0.251. The van der Waals surface area contributed by atoms with Crippen molar-refractivity contribution in [3.8, 4) is 11.8 Å². The Morgan fingerprint density at radius 3 is 2.32 bits per heavy atom. The third kappa shape index (κ3) is 4.21. The van der Waals surface area contributed by atoms with Crippen molar-refractivity contribution in [3.05, 3.63) is 77.9 Å². The summed E-state index contributed by atoms with van der Waals surface area (Å²) in [6.45, 7) is 0.233. The van der Waals surface area contributed by atoms with E-state index >= 15 is 0 Å². The lowest BCUT2D eigenvalue weighted by molar-refractivity contribution is -0.117. The third-order valence-electron chi connectivity index (χ3n) is 4.68. The molecule has 4 heteroatoms. The minimum absolute atomic E-state index is 0.0202. The van der Waals surface area contributed by atoms with Crippen LogP contribution >= 0.6 is 0 Å². The van der Waals surface area contributed by atoms with Gasteiger partial charge in [0.05, 0.1) is 17.8 Å². The Labute approximate surface area is 164 Å². The fourth-order valence-corrected chi connectivity index (χ4v) is 3.00. The summed E-state index contributed by atoms with van der Waals surface area (Å²) >= 11 is 0. The summed E-state index contributed by atoms with van der Waals surface area (Å²) in [6, 6.07) is 21.1. The van der Waals surface area contributed by atoms with E-state index in [2.05, 4.69) is 22.5 Å². The average molecular weight is 368 g/mol. The van der Waals surface area contributed by atoms with Crippen molar-refractivity contribution < 1.29 is 9.59 Å². The van der Waals surface area contributed by atoms with E-state index in [4.69, 9.17) is 0 Å². The van der Waals surface area contributed by atoms with Crippen LogP contribution in [0.15, 0.2) is 66.7 Å². The molecule has 2 N–H and O–H groups in total. The number of hydrogen-bond donors (Lipinski definition) is 2. The van der Waals surface area contributed by atoms with E-state index in [0.29, 0.717) is 11.3 Å². The standard InChI is InChI=1S/C24H20N2O2/c27-23(18-12-13-18)26-22-16-20-11-5-4-10-19(20)15-21(22)24(28)25-14-6-9-17-7-2-1-3-8-17/h1-5,7-8,10-11,15-16,18H,12-14H2,(H,25,28)(H,26,27). The molecule has 0 saturated heterocycles. The maximum absolute atomic E-state index is 12.8. The van der Waals surface area contributed by atoms with Crippen LogP contribution in [0.4, 0.5) is 5.69 Å². The van der Waals surface area contributed by atoms with Crippen LogP contribution in [0.1, 0.15) is 28.8 Å². The highest BCUT2D eigenvalue weighted by molar-refractivity contribution is 6.08. The van der Waals surface area contributed by atoms with E-state index < -0.39 is 0 Å². The lowest BCUT2D eigenvalue weighted by Crippen LogP contribution is -2.26. The molecular weight excluding hydrogens is 348 g/mol. The minimum Gasteiger partial charge on any atom is -0.341 e. The first-order chi connectivity index (χ1) is 13.7. The molecule has 1 saturated carbocycles. The SMILES string of the molecule is O=C(NCC#Cc1ccccc1)c1cc2ccccc2cc1NC(=O)C1CC1. The molecule has 0 aromatic heterocycles. The molecule has 4 nitrogen and oxygen atoms in total. The van der Waals surface area contributed by atoms with E-state index in [1.807, 2.05) is 66.7 Å². The summed E-state index contributed by atoms with van der Waals surface area (Å²) in [7, 11) is 0. The Morgan fingerprint density at radius 2 is 1.61 bits per heavy atom. The second-order valence-electron chi connectivity index (χ2n) is 6.86. The topological polar surface area (TPSA) is 58.2 Å². The molecule has 138 valence electrons. The number of rotatable bonds is 4. The number of fused-ring (bicyclic) bond motifs is 1. The first kappa shape index (κ1) is 17.8. The summed E-state index contributed by atoms with van der Waals surface area (Å²) < 4.78 is 0. The van der Waals surface area contributed by atoms with Gasteiger partial charge < -0.3 is 10.6 Å². The molecule has 3 aromatic rings. The Hall–Kier alpha value is -3.58. The Kier molecular flexibility index (Phi) is 5.07. The summed E-state index contributed by atoms with van der Waals surface area (Å²) in [4.78, 5) is 25.0. The zero-order valence-corrected chi connectivity index (χ0v) is 15.4. The van der Waals surface area contributed by atoms with Gasteiger partial charge in [0.15, 0.2) is 0 Å². The maximum Gasteiger partial charge on any atom is 0.254 e. The molecule has 0 heterocycles. The molecular formula is C24H20N2O2. The van der Waals surface area contributed by atoms with Crippen molar-refractivity contribution >= 4 is 28.3 Å². The molecule has 1 fully saturated rings. The van der Waals surface area contributed by atoms with E-state index in [1.54, 1.807) is 0 Å². The zero-order valence-electron chi connectivity index (χ0n) is 15.4. The zero-order chi connectivity index (χ0) is 19.3. The quantitative estimate of drug-likeness (QED) is 0.685. The monoisotopic (exact) mass is 368 g/mol. The highest BCUT2D eigenvalue weighted by atomic mass is 16.2. The molecule has 2 amide bonds. The average Bonchev–Trinajstić information content (AvgIpc) is 3.57. The highest BCUT2D eigenvalue weighted by Crippen LogP contribution is 2.31. The number of hydrogen-bond acceptors (Lipinski definition) is 2. The van der Waals surface area contributed by atoms with Gasteiger partial charge in [-0.15, -0.1) is 0 Å². The molecule has 0 aliphatic heterocycles. The van der Waals surface area contributed by atoms with Crippen molar-refractivity contribution in [1.29, 1.82) is 0 Å². The van der Waals surface area contributed by atoms with Crippen LogP contribution in [0.3, 0.4) is 0 Å². The second-order valence-corrected chi connectivity index (χ2v) is 6.86. The molecule has 0 radical (unpaired) electrons. The van der Waals surface area contributed by atoms with Crippen LogP contribution < -0.4 is 10.6 Å². The van der Waals surface area contributed by atoms with Crippen LogP contribution in [0.5, 0.6) is 0 Å². The second kappa shape index (κ2) is 7.98. The van der Waals surface area contributed by atoms with Gasteiger partial charge >= 0.3 is 0 Å². The van der Waals surface area contributed by atoms with E-state index in [1.165, 1.54) is 0 Å². The fraction of sp³-hybridized carbons (Fsp3) is 0.167. The van der Waals surface area contributed by atoms with Gasteiger partial charge in [-0.1, -0.05) is 54.3 Å². The van der Waals surface area contributed by atoms with E-state index in [0.717, 1.165) is 29.2 Å². The maximum atomic E-state index is 12.8. The molecule has 1 aliphatic carbocycles. The Balaban J connectivity index is 1.54. The summed E-state index contributed by atoms with van der Waals surface area (Å²) in [6.07, 6.45) is 1.83. The van der Waals surface area contributed by atoms with Crippen molar-refractivity contribution in [2.75, 3.05) is 11.9 Å². The molecule has 28 heavy (non-hydrogen) atoms. The van der Waals surface area contributed by atoms with Gasteiger partial charge in [-0.3, -0.25) is 9.59 Å². The van der Waals surface area contributed by atoms with Crippen molar-refractivity contribution in [2.45, 2.75) is 12.8 Å². The van der Waals surface area contributed by atoms with E-state index in [9.17, 15) is 9.59 Å². The van der Waals surface area contributed by atoms with Crippen LogP contribution in [0, 0.1) is 17.8 Å². The van der Waals surface area contributed by atoms with Gasteiger partial charge in [0.25, 0.3) is 5.91 Å². The van der Waals surface area contributed by atoms with E-state index in [-0.39, 0.29) is 24.3 Å². The normalized spacial score (nSPS) is 12.7. The molecule has 0 atom stereocenters. The van der Waals surface area contributed by atoms with Crippen LogP contribution in [-0.4, -0.2) is 18.4 Å². The van der Waals surface area contributed by atoms with Crippen LogP contribution in [-0.2, 0) is 4.79 Å². The molecule has 3 aromatic carbocycles. The van der Waals surface area contributed by atoms with Gasteiger partial charge in [-0.2, -0.15) is 0 Å². The van der Waals surface area contributed by atoms with Gasteiger partial charge in [0.1, 0.15) is 0 Å². The van der Waals surface area contributed by atoms with Crippen molar-refractivity contribution in [1.82, 2.24) is 5.32 Å². The number of nitrogens with one attached hydrogen (secondary N) is 2. The number of carbonyl (C=O) groups is 2. The predicted octanol–water partition coefficient (Wildman–Crippen LogP) is 3.97. The number of amides is 2. The molecule has 0 spiro atoms. The first-order valence-corrected chi connectivity index (χ1v) is 9.36. The van der Waals surface area contributed by atoms with Gasteiger partial charge in [0, 0.05) is 11.5 Å². The molecule has 4 rings (SSSR count). The smallest absolute Gasteiger partial charge is 0.254 e. The predicted molar refractivity (Wildman–Crippen MR) is 111 cm³/mol. The third-order valence-corrected chi connectivity index (χ3v) is 4.68. The van der Waals surface area contributed by atoms with Gasteiger partial charge in [-0.25, -0.2) is 0 Å². The number of benzene rings is 3. The fourth-order valence-electron chi connectivity index (χ4n) is 3.00. The summed E-state index contributed by atoms with van der Waals surface area (Å²) in [5.41, 5.74) is 1.90. The Bertz CT molecular complexity index is 1090. The molecule has 0 bridgehead atoms. The number of carbonyl (C=O) groups excluding carboxylic acids is 2. The van der Waals surface area contributed by atoms with Crippen LogP contribution in [0.25, 0.3) is 10.8 Å². The molecule has 1 aliphatic rings. The summed E-state index contributed by atoms with van der Waals surface area (Å²) in [5.74, 6) is 5.77.